The number of amides is 1. The first-order valence-corrected chi connectivity index (χ1v) is 6.88. The molecule has 0 heterocycles. The Morgan fingerprint density at radius 3 is 2.28 bits per heavy atom. The molecule has 2 fully saturated rings. The van der Waals surface area contributed by atoms with E-state index in [1.165, 1.54) is 0 Å². The molecule has 0 aliphatic heterocycles. The molecule has 0 saturated heterocycles. The van der Waals surface area contributed by atoms with Crippen molar-refractivity contribution in [3.8, 4) is 0 Å². The summed E-state index contributed by atoms with van der Waals surface area (Å²) in [6.07, 6.45) is 3.34. The highest BCUT2D eigenvalue weighted by atomic mass is 16.4. The lowest BCUT2D eigenvalue weighted by Gasteiger charge is -2.16. The van der Waals surface area contributed by atoms with Crippen molar-refractivity contribution in [2.24, 2.45) is 23.2 Å². The zero-order valence-electron chi connectivity index (χ0n) is 11.4. The molecule has 0 aromatic heterocycles. The van der Waals surface area contributed by atoms with Gasteiger partial charge in [0.05, 0.1) is 11.8 Å². The summed E-state index contributed by atoms with van der Waals surface area (Å²) in [5.41, 5.74) is 0.192. The molecule has 102 valence electrons. The van der Waals surface area contributed by atoms with Crippen LogP contribution in [-0.4, -0.2) is 23.0 Å². The predicted molar refractivity (Wildman–Crippen MR) is 68.0 cm³/mol. The Kier molecular flexibility index (Phi) is 3.39. The van der Waals surface area contributed by atoms with Crippen LogP contribution in [0.3, 0.4) is 0 Å². The standard InChI is InChI=1S/C14H23NO3/c1-4-8-5-9(10(6-8)13(17)18)12(16)15-11-7-14(11,2)3/h8-11H,4-7H2,1-3H3,(H,15,16)(H,17,18). The summed E-state index contributed by atoms with van der Waals surface area (Å²) < 4.78 is 0. The predicted octanol–water partition coefficient (Wildman–Crippen LogP) is 2.04. The van der Waals surface area contributed by atoms with Gasteiger partial charge in [-0.05, 0) is 30.6 Å². The molecule has 4 heteroatoms. The van der Waals surface area contributed by atoms with Gasteiger partial charge in [-0.25, -0.2) is 0 Å². The van der Waals surface area contributed by atoms with Crippen molar-refractivity contribution in [2.75, 3.05) is 0 Å². The van der Waals surface area contributed by atoms with Crippen LogP contribution in [-0.2, 0) is 9.59 Å². The van der Waals surface area contributed by atoms with Gasteiger partial charge in [0.25, 0.3) is 0 Å². The van der Waals surface area contributed by atoms with E-state index in [-0.39, 0.29) is 23.3 Å². The molecule has 0 spiro atoms. The van der Waals surface area contributed by atoms with Gasteiger partial charge in [-0.15, -0.1) is 0 Å². The van der Waals surface area contributed by atoms with E-state index in [1.807, 2.05) is 0 Å². The number of carbonyl (C=O) groups excluding carboxylic acids is 1. The molecule has 2 rings (SSSR count). The third-order valence-corrected chi connectivity index (χ3v) is 4.72. The minimum absolute atomic E-state index is 0.0473. The minimum atomic E-state index is -0.818. The van der Waals surface area contributed by atoms with Crippen LogP contribution in [0.5, 0.6) is 0 Å². The maximum absolute atomic E-state index is 12.2. The molecule has 2 aliphatic carbocycles. The lowest BCUT2D eigenvalue weighted by molar-refractivity contribution is -0.146. The zero-order valence-corrected chi connectivity index (χ0v) is 11.4. The molecular formula is C14H23NO3. The summed E-state index contributed by atoms with van der Waals surface area (Å²) in [5, 5.41) is 12.2. The zero-order chi connectivity index (χ0) is 13.5. The maximum atomic E-state index is 12.2. The van der Waals surface area contributed by atoms with Gasteiger partial charge in [-0.1, -0.05) is 27.2 Å². The fraction of sp³-hybridized carbons (Fsp3) is 0.857. The van der Waals surface area contributed by atoms with Gasteiger partial charge < -0.3 is 10.4 Å². The van der Waals surface area contributed by atoms with Gasteiger partial charge >= 0.3 is 5.97 Å². The Morgan fingerprint density at radius 2 is 1.83 bits per heavy atom. The van der Waals surface area contributed by atoms with Crippen LogP contribution in [0.25, 0.3) is 0 Å². The van der Waals surface area contributed by atoms with E-state index >= 15 is 0 Å². The van der Waals surface area contributed by atoms with Crippen molar-refractivity contribution in [3.05, 3.63) is 0 Å². The molecule has 0 aromatic rings. The molecule has 4 nitrogen and oxygen atoms in total. The van der Waals surface area contributed by atoms with Gasteiger partial charge in [-0.2, -0.15) is 0 Å². The summed E-state index contributed by atoms with van der Waals surface area (Å²) in [4.78, 5) is 23.4. The molecule has 0 bridgehead atoms. The average molecular weight is 253 g/mol. The highest BCUT2D eigenvalue weighted by Gasteiger charge is 2.49. The number of hydrogen-bond donors (Lipinski definition) is 2. The number of aliphatic carboxylic acids is 1. The van der Waals surface area contributed by atoms with E-state index in [0.29, 0.717) is 12.3 Å². The maximum Gasteiger partial charge on any atom is 0.307 e. The molecule has 2 saturated carbocycles. The van der Waals surface area contributed by atoms with E-state index in [4.69, 9.17) is 0 Å². The summed E-state index contributed by atoms with van der Waals surface area (Å²) in [7, 11) is 0. The largest absolute Gasteiger partial charge is 0.481 e. The molecular weight excluding hydrogens is 230 g/mol. The van der Waals surface area contributed by atoms with E-state index in [9.17, 15) is 14.7 Å². The van der Waals surface area contributed by atoms with E-state index in [2.05, 4.69) is 26.1 Å². The number of carboxylic acids is 1. The van der Waals surface area contributed by atoms with Crippen LogP contribution in [0, 0.1) is 23.2 Å². The molecule has 0 aromatic carbocycles. The van der Waals surface area contributed by atoms with Gasteiger partial charge in [0.2, 0.25) is 5.91 Å². The smallest absolute Gasteiger partial charge is 0.307 e. The first-order chi connectivity index (χ1) is 8.35. The third kappa shape index (κ3) is 2.52. The highest BCUT2D eigenvalue weighted by molar-refractivity contribution is 5.85. The normalized spacial score (nSPS) is 37.3. The van der Waals surface area contributed by atoms with Crippen molar-refractivity contribution in [1.82, 2.24) is 5.32 Å². The second-order valence-corrected chi connectivity index (χ2v) is 6.55. The van der Waals surface area contributed by atoms with E-state index in [1.54, 1.807) is 0 Å². The molecule has 18 heavy (non-hydrogen) atoms. The first kappa shape index (κ1) is 13.4. The van der Waals surface area contributed by atoms with Gasteiger partial charge in [0.1, 0.15) is 0 Å². The lowest BCUT2D eigenvalue weighted by atomic mass is 9.95. The number of rotatable bonds is 4. The Morgan fingerprint density at radius 1 is 1.28 bits per heavy atom. The van der Waals surface area contributed by atoms with Gasteiger partial charge in [0, 0.05) is 6.04 Å². The Balaban J connectivity index is 1.97. The average Bonchev–Trinajstić information content (AvgIpc) is 2.76. The van der Waals surface area contributed by atoms with E-state index in [0.717, 1.165) is 19.3 Å². The van der Waals surface area contributed by atoms with Crippen molar-refractivity contribution in [2.45, 2.75) is 52.5 Å². The fourth-order valence-corrected chi connectivity index (χ4v) is 3.03. The van der Waals surface area contributed by atoms with Crippen LogP contribution < -0.4 is 5.32 Å². The van der Waals surface area contributed by atoms with Crippen molar-refractivity contribution in [3.63, 3.8) is 0 Å². The van der Waals surface area contributed by atoms with Crippen LogP contribution in [0.15, 0.2) is 0 Å². The second-order valence-electron chi connectivity index (χ2n) is 6.55. The van der Waals surface area contributed by atoms with Crippen LogP contribution in [0.1, 0.15) is 46.5 Å². The van der Waals surface area contributed by atoms with Crippen LogP contribution in [0.4, 0.5) is 0 Å². The topological polar surface area (TPSA) is 66.4 Å². The number of carbonyl (C=O) groups is 2. The molecule has 1 amide bonds. The fourth-order valence-electron chi connectivity index (χ4n) is 3.03. The summed E-state index contributed by atoms with van der Waals surface area (Å²) >= 11 is 0. The van der Waals surface area contributed by atoms with Crippen molar-refractivity contribution in [1.29, 1.82) is 0 Å². The Hall–Kier alpha value is -1.06. The number of hydrogen-bond acceptors (Lipinski definition) is 2. The van der Waals surface area contributed by atoms with Gasteiger partial charge in [-0.3, -0.25) is 9.59 Å². The lowest BCUT2D eigenvalue weighted by Crippen LogP contribution is -2.37. The third-order valence-electron chi connectivity index (χ3n) is 4.72. The molecule has 2 aliphatic rings. The quantitative estimate of drug-likeness (QED) is 0.805. The van der Waals surface area contributed by atoms with Crippen molar-refractivity contribution < 1.29 is 14.7 Å². The SMILES string of the molecule is CCC1CC(C(=O)O)C(C(=O)NC2CC2(C)C)C1. The Labute approximate surface area is 108 Å². The Bertz CT molecular complexity index is 364. The molecule has 2 N–H and O–H groups in total. The molecule has 4 unspecified atom stereocenters. The summed E-state index contributed by atoms with van der Waals surface area (Å²) in [6.45, 7) is 6.31. The first-order valence-electron chi connectivity index (χ1n) is 6.88. The summed E-state index contributed by atoms with van der Waals surface area (Å²) in [6, 6.07) is 0.236. The van der Waals surface area contributed by atoms with Gasteiger partial charge in [0.15, 0.2) is 0 Å². The monoisotopic (exact) mass is 253 g/mol. The van der Waals surface area contributed by atoms with E-state index < -0.39 is 11.9 Å². The second kappa shape index (κ2) is 4.56. The molecule has 0 radical (unpaired) electrons. The number of nitrogens with one attached hydrogen (secondary N) is 1. The van der Waals surface area contributed by atoms with Crippen molar-refractivity contribution >= 4 is 11.9 Å². The minimum Gasteiger partial charge on any atom is -0.481 e. The van der Waals surface area contributed by atoms with Crippen LogP contribution >= 0.6 is 0 Å². The summed E-state index contributed by atoms with van der Waals surface area (Å²) in [5.74, 6) is -1.30. The van der Waals surface area contributed by atoms with Crippen LogP contribution in [0.2, 0.25) is 0 Å². The highest BCUT2D eigenvalue weighted by Crippen LogP contribution is 2.45. The number of carboxylic acid groups (broad SMARTS) is 1. The molecule has 4 atom stereocenters.